The van der Waals surface area contributed by atoms with Crippen molar-refractivity contribution in [1.29, 1.82) is 0 Å². The lowest BCUT2D eigenvalue weighted by Gasteiger charge is -2.21. The van der Waals surface area contributed by atoms with Crippen LogP contribution in [0.1, 0.15) is 29.9 Å². The number of hydrogen-bond donors (Lipinski definition) is 2. The number of nitrogens with one attached hydrogen (secondary N) is 1. The van der Waals surface area contributed by atoms with E-state index >= 15 is 0 Å². The number of benzene rings is 2. The summed E-state index contributed by atoms with van der Waals surface area (Å²) in [6.45, 7) is 1.72. The molecule has 7 nitrogen and oxygen atoms in total. The molecule has 1 atom stereocenters. The smallest absolute Gasteiger partial charge is 0.323 e. The summed E-state index contributed by atoms with van der Waals surface area (Å²) in [6, 6.07) is 20.2. The number of aryl methyl sites for hydroxylation is 1. The Balaban J connectivity index is 1.40. The van der Waals surface area contributed by atoms with Crippen molar-refractivity contribution in [3.8, 4) is 0 Å². The maximum Gasteiger partial charge on any atom is 0.323 e. The van der Waals surface area contributed by atoms with Crippen LogP contribution < -0.4 is 5.32 Å². The van der Waals surface area contributed by atoms with Gasteiger partial charge in [0.2, 0.25) is 0 Å². The van der Waals surface area contributed by atoms with Gasteiger partial charge in [0, 0.05) is 37.9 Å². The quantitative estimate of drug-likeness (QED) is 0.517. The van der Waals surface area contributed by atoms with E-state index in [0.29, 0.717) is 18.9 Å². The Morgan fingerprint density at radius 2 is 1.72 bits per heavy atom. The van der Waals surface area contributed by atoms with E-state index in [1.165, 1.54) is 11.1 Å². The van der Waals surface area contributed by atoms with Crippen LogP contribution >= 0.6 is 0 Å². The molecule has 0 saturated carbocycles. The molecule has 32 heavy (non-hydrogen) atoms. The van der Waals surface area contributed by atoms with Gasteiger partial charge in [0.05, 0.1) is 12.9 Å². The monoisotopic (exact) mass is 431 g/mol. The number of urea groups is 1. The van der Waals surface area contributed by atoms with Crippen molar-refractivity contribution < 1.29 is 9.90 Å². The molecule has 1 aromatic heterocycles. The predicted molar refractivity (Wildman–Crippen MR) is 125 cm³/mol. The summed E-state index contributed by atoms with van der Waals surface area (Å²) in [7, 11) is 0. The van der Waals surface area contributed by atoms with Crippen LogP contribution in [0.3, 0.4) is 0 Å². The Hall–Kier alpha value is -3.45. The first-order valence-corrected chi connectivity index (χ1v) is 11.0. The molecule has 0 spiro atoms. The molecule has 0 aliphatic carbocycles. The second-order valence-corrected chi connectivity index (χ2v) is 7.91. The first-order valence-electron chi connectivity index (χ1n) is 11.0. The summed E-state index contributed by atoms with van der Waals surface area (Å²) >= 11 is 0. The maximum atomic E-state index is 12.5. The van der Waals surface area contributed by atoms with Crippen molar-refractivity contribution in [2.45, 2.75) is 31.3 Å². The van der Waals surface area contributed by atoms with Crippen LogP contribution in [0.4, 0.5) is 4.79 Å². The van der Waals surface area contributed by atoms with Gasteiger partial charge >= 0.3 is 6.03 Å². The SMILES string of the molecule is O=C1NC(=NCCC(c2ccccc2)c2ccccc2)C(CO)N1CCCn1ccnc1. The highest BCUT2D eigenvalue weighted by atomic mass is 16.3. The minimum atomic E-state index is -0.419. The zero-order valence-electron chi connectivity index (χ0n) is 18.0. The molecule has 1 aliphatic rings. The zero-order chi connectivity index (χ0) is 22.2. The first-order chi connectivity index (χ1) is 15.8. The zero-order valence-corrected chi connectivity index (χ0v) is 18.0. The standard InChI is InChI=1S/C25H29N5O2/c31-18-23-24(28-25(32)30(23)16-7-15-29-17-14-26-19-29)27-13-12-22(20-8-3-1-4-9-20)21-10-5-2-6-11-21/h1-6,8-11,14,17,19,22-23,31H,7,12-13,15-16,18H2,(H,27,28,32). The van der Waals surface area contributed by atoms with Crippen molar-refractivity contribution in [2.24, 2.45) is 4.99 Å². The molecule has 3 aromatic rings. The van der Waals surface area contributed by atoms with Gasteiger partial charge in [-0.2, -0.15) is 0 Å². The average molecular weight is 432 g/mol. The third-order valence-electron chi connectivity index (χ3n) is 5.84. The molecular formula is C25H29N5O2. The number of imidazole rings is 1. The number of amidine groups is 1. The fourth-order valence-corrected chi connectivity index (χ4v) is 4.19. The van der Waals surface area contributed by atoms with Gasteiger partial charge in [-0.15, -0.1) is 0 Å². The van der Waals surface area contributed by atoms with E-state index < -0.39 is 6.04 Å². The Kier molecular flexibility index (Phi) is 7.30. The van der Waals surface area contributed by atoms with Gasteiger partial charge in [-0.1, -0.05) is 60.7 Å². The number of rotatable bonds is 10. The summed E-state index contributed by atoms with van der Waals surface area (Å²) < 4.78 is 1.98. The van der Waals surface area contributed by atoms with Crippen LogP contribution in [0.5, 0.6) is 0 Å². The molecule has 1 unspecified atom stereocenters. The lowest BCUT2D eigenvalue weighted by Crippen LogP contribution is -2.38. The van der Waals surface area contributed by atoms with Crippen LogP contribution in [0.15, 0.2) is 84.4 Å². The average Bonchev–Trinajstić information content (AvgIpc) is 3.45. The largest absolute Gasteiger partial charge is 0.394 e. The van der Waals surface area contributed by atoms with Gasteiger partial charge in [-0.05, 0) is 24.0 Å². The van der Waals surface area contributed by atoms with E-state index in [1.807, 2.05) is 22.9 Å². The van der Waals surface area contributed by atoms with Crippen molar-refractivity contribution in [3.05, 3.63) is 90.5 Å². The minimum absolute atomic E-state index is 0.149. The van der Waals surface area contributed by atoms with E-state index in [-0.39, 0.29) is 18.6 Å². The summed E-state index contributed by atoms with van der Waals surface area (Å²) in [5.41, 5.74) is 2.49. The topological polar surface area (TPSA) is 82.7 Å². The number of carbonyl (C=O) groups excluding carboxylic acids is 1. The van der Waals surface area contributed by atoms with Gasteiger partial charge in [0.25, 0.3) is 0 Å². The van der Waals surface area contributed by atoms with Gasteiger partial charge < -0.3 is 14.6 Å². The second kappa shape index (κ2) is 10.7. The number of aliphatic imine (C=N–C) groups is 1. The Morgan fingerprint density at radius 3 is 2.31 bits per heavy atom. The Labute approximate surface area is 188 Å². The molecule has 1 aliphatic heterocycles. The van der Waals surface area contributed by atoms with Gasteiger partial charge in [0.1, 0.15) is 11.9 Å². The van der Waals surface area contributed by atoms with E-state index in [2.05, 4.69) is 58.8 Å². The highest BCUT2D eigenvalue weighted by Crippen LogP contribution is 2.28. The maximum absolute atomic E-state index is 12.5. The summed E-state index contributed by atoms with van der Waals surface area (Å²) in [4.78, 5) is 22.9. The molecule has 0 bridgehead atoms. The molecule has 7 heteroatoms. The molecule has 2 heterocycles. The highest BCUT2D eigenvalue weighted by molar-refractivity contribution is 6.07. The summed E-state index contributed by atoms with van der Waals surface area (Å²) in [5, 5.41) is 12.8. The number of hydrogen-bond acceptors (Lipinski definition) is 4. The van der Waals surface area contributed by atoms with Gasteiger partial charge in [-0.25, -0.2) is 9.78 Å². The second-order valence-electron chi connectivity index (χ2n) is 7.91. The van der Waals surface area contributed by atoms with Gasteiger partial charge in [0.15, 0.2) is 0 Å². The van der Waals surface area contributed by atoms with E-state index in [4.69, 9.17) is 4.99 Å². The normalized spacial score (nSPS) is 17.3. The van der Waals surface area contributed by atoms with Crippen LogP contribution in [0.25, 0.3) is 0 Å². The fourth-order valence-electron chi connectivity index (χ4n) is 4.19. The minimum Gasteiger partial charge on any atom is -0.394 e. The highest BCUT2D eigenvalue weighted by Gasteiger charge is 2.35. The van der Waals surface area contributed by atoms with Crippen LogP contribution in [-0.4, -0.2) is 57.2 Å². The molecule has 1 fully saturated rings. The molecule has 2 amide bonds. The van der Waals surface area contributed by atoms with E-state index in [0.717, 1.165) is 19.4 Å². The van der Waals surface area contributed by atoms with Crippen molar-refractivity contribution in [1.82, 2.24) is 19.8 Å². The number of aromatic nitrogens is 2. The Bertz CT molecular complexity index is 966. The summed E-state index contributed by atoms with van der Waals surface area (Å²) in [5.74, 6) is 0.776. The number of nitrogens with zero attached hydrogens (tertiary/aromatic N) is 4. The van der Waals surface area contributed by atoms with Crippen molar-refractivity contribution in [2.75, 3.05) is 19.7 Å². The number of amides is 2. The first kappa shape index (κ1) is 21.8. The van der Waals surface area contributed by atoms with Crippen LogP contribution in [0.2, 0.25) is 0 Å². The predicted octanol–water partition coefficient (Wildman–Crippen LogP) is 3.28. The number of aliphatic hydroxyl groups is 1. The lowest BCUT2D eigenvalue weighted by molar-refractivity contribution is 0.174. The van der Waals surface area contributed by atoms with Crippen molar-refractivity contribution >= 4 is 11.9 Å². The third-order valence-corrected chi connectivity index (χ3v) is 5.84. The molecular weight excluding hydrogens is 402 g/mol. The molecule has 166 valence electrons. The van der Waals surface area contributed by atoms with Crippen LogP contribution in [-0.2, 0) is 6.54 Å². The number of carbonyl (C=O) groups is 1. The Morgan fingerprint density at radius 1 is 1.03 bits per heavy atom. The summed E-state index contributed by atoms with van der Waals surface area (Å²) in [6.07, 6.45) is 6.98. The van der Waals surface area contributed by atoms with E-state index in [1.54, 1.807) is 17.4 Å². The molecule has 1 saturated heterocycles. The van der Waals surface area contributed by atoms with E-state index in [9.17, 15) is 9.90 Å². The fraction of sp³-hybridized carbons (Fsp3) is 0.320. The molecule has 2 N–H and O–H groups in total. The lowest BCUT2D eigenvalue weighted by atomic mass is 9.88. The molecule has 2 aromatic carbocycles. The number of aliphatic hydroxyl groups excluding tert-OH is 1. The molecule has 0 radical (unpaired) electrons. The van der Waals surface area contributed by atoms with Gasteiger partial charge in [-0.3, -0.25) is 10.3 Å². The van der Waals surface area contributed by atoms with Crippen LogP contribution in [0, 0.1) is 0 Å². The molecule has 4 rings (SSSR count). The third kappa shape index (κ3) is 5.23. The van der Waals surface area contributed by atoms with Crippen molar-refractivity contribution in [3.63, 3.8) is 0 Å².